The lowest BCUT2D eigenvalue weighted by Crippen LogP contribution is -2.02. The van der Waals surface area contributed by atoms with Crippen LogP contribution in [0.3, 0.4) is 0 Å². The first kappa shape index (κ1) is 11.9. The maximum Gasteiger partial charge on any atom is 0.196 e. The average Bonchev–Trinajstić information content (AvgIpc) is 2.75. The Morgan fingerprint density at radius 3 is 2.53 bits per heavy atom. The minimum Gasteiger partial charge on any atom is -0.445 e. The summed E-state index contributed by atoms with van der Waals surface area (Å²) in [6.07, 6.45) is 0.687. The van der Waals surface area contributed by atoms with Crippen LogP contribution < -0.4 is 5.73 Å². The van der Waals surface area contributed by atoms with E-state index in [1.54, 1.807) is 0 Å². The number of nitrogens with two attached hydrogens (primary N) is 1. The van der Waals surface area contributed by atoms with Crippen LogP contribution in [-0.4, -0.2) is 11.5 Å². The van der Waals surface area contributed by atoms with Gasteiger partial charge in [-0.2, -0.15) is 0 Å². The van der Waals surface area contributed by atoms with E-state index in [1.807, 2.05) is 18.2 Å². The fraction of sp³-hybridized carbons (Fsp3) is 0.357. The Labute approximate surface area is 102 Å². The Hall–Kier alpha value is -1.61. The van der Waals surface area contributed by atoms with Crippen molar-refractivity contribution in [3.63, 3.8) is 0 Å². The van der Waals surface area contributed by atoms with Crippen LogP contribution in [-0.2, 0) is 6.42 Å². The van der Waals surface area contributed by atoms with E-state index in [9.17, 15) is 0 Å². The number of hydrogen-bond donors (Lipinski definition) is 1. The topological polar surface area (TPSA) is 52.0 Å². The van der Waals surface area contributed by atoms with Gasteiger partial charge in [0.2, 0.25) is 0 Å². The summed E-state index contributed by atoms with van der Waals surface area (Å²) in [4.78, 5) is 4.54. The molecule has 0 radical (unpaired) electrons. The van der Waals surface area contributed by atoms with Crippen molar-refractivity contribution < 1.29 is 4.42 Å². The van der Waals surface area contributed by atoms with Gasteiger partial charge in [0.25, 0.3) is 0 Å². The van der Waals surface area contributed by atoms with Crippen molar-refractivity contribution in [3.8, 4) is 11.3 Å². The predicted molar refractivity (Wildman–Crippen MR) is 68.8 cm³/mol. The minimum absolute atomic E-state index is 0.323. The van der Waals surface area contributed by atoms with Gasteiger partial charge in [-0.05, 0) is 0 Å². The Bertz CT molecular complexity index is 474. The number of oxazole rings is 1. The van der Waals surface area contributed by atoms with Crippen LogP contribution >= 0.6 is 0 Å². The van der Waals surface area contributed by atoms with Gasteiger partial charge in [0.05, 0.1) is 0 Å². The molecule has 0 aliphatic carbocycles. The van der Waals surface area contributed by atoms with Crippen LogP contribution in [0.15, 0.2) is 34.7 Å². The maximum atomic E-state index is 5.78. The summed E-state index contributed by atoms with van der Waals surface area (Å²) in [5.41, 5.74) is 7.58. The van der Waals surface area contributed by atoms with E-state index in [0.29, 0.717) is 18.9 Å². The van der Waals surface area contributed by atoms with Gasteiger partial charge in [0.15, 0.2) is 5.89 Å². The zero-order valence-electron chi connectivity index (χ0n) is 10.3. The number of nitrogens with zero attached hydrogens (tertiary/aromatic N) is 1. The zero-order valence-corrected chi connectivity index (χ0v) is 10.3. The summed E-state index contributed by atoms with van der Waals surface area (Å²) in [6.45, 7) is 4.78. The molecule has 3 nitrogen and oxygen atoms in total. The SMILES string of the molecule is CC(C)c1oc(CCN)nc1-c1ccccc1. The van der Waals surface area contributed by atoms with Crippen LogP contribution in [0.5, 0.6) is 0 Å². The average molecular weight is 230 g/mol. The monoisotopic (exact) mass is 230 g/mol. The second-order valence-electron chi connectivity index (χ2n) is 4.38. The number of aromatic nitrogens is 1. The van der Waals surface area contributed by atoms with Gasteiger partial charge >= 0.3 is 0 Å². The highest BCUT2D eigenvalue weighted by Gasteiger charge is 2.16. The Morgan fingerprint density at radius 2 is 1.94 bits per heavy atom. The van der Waals surface area contributed by atoms with Crippen molar-refractivity contribution in [2.45, 2.75) is 26.2 Å². The van der Waals surface area contributed by atoms with Crippen molar-refractivity contribution in [1.82, 2.24) is 4.98 Å². The van der Waals surface area contributed by atoms with Gasteiger partial charge < -0.3 is 10.2 Å². The second-order valence-corrected chi connectivity index (χ2v) is 4.38. The minimum atomic E-state index is 0.323. The highest BCUT2D eigenvalue weighted by atomic mass is 16.4. The molecule has 90 valence electrons. The largest absolute Gasteiger partial charge is 0.445 e. The molecule has 2 N–H and O–H groups in total. The van der Waals surface area contributed by atoms with Crippen LogP contribution in [0.2, 0.25) is 0 Å². The first-order chi connectivity index (χ1) is 8.22. The molecular formula is C14H18N2O. The molecular weight excluding hydrogens is 212 g/mol. The molecule has 0 aliphatic heterocycles. The lowest BCUT2D eigenvalue weighted by Gasteiger charge is -2.03. The number of hydrogen-bond acceptors (Lipinski definition) is 3. The summed E-state index contributed by atoms with van der Waals surface area (Å²) in [6, 6.07) is 10.1. The third-order valence-electron chi connectivity index (χ3n) is 2.63. The van der Waals surface area contributed by atoms with Crippen molar-refractivity contribution >= 4 is 0 Å². The molecule has 2 aromatic rings. The van der Waals surface area contributed by atoms with Crippen LogP contribution in [0.1, 0.15) is 31.4 Å². The molecule has 0 amide bonds. The summed E-state index contributed by atoms with van der Waals surface area (Å²) in [7, 11) is 0. The van der Waals surface area contributed by atoms with E-state index < -0.39 is 0 Å². The molecule has 0 saturated carbocycles. The third-order valence-corrected chi connectivity index (χ3v) is 2.63. The fourth-order valence-electron chi connectivity index (χ4n) is 1.80. The molecule has 0 atom stereocenters. The van der Waals surface area contributed by atoms with E-state index in [4.69, 9.17) is 10.2 Å². The molecule has 0 unspecified atom stereocenters. The molecule has 0 spiro atoms. The summed E-state index contributed by atoms with van der Waals surface area (Å²) < 4.78 is 5.78. The van der Waals surface area contributed by atoms with Gasteiger partial charge in [-0.15, -0.1) is 0 Å². The maximum absolute atomic E-state index is 5.78. The normalized spacial score (nSPS) is 11.1. The lowest BCUT2D eigenvalue weighted by atomic mass is 10.0. The van der Waals surface area contributed by atoms with Crippen molar-refractivity contribution in [2.24, 2.45) is 5.73 Å². The quantitative estimate of drug-likeness (QED) is 0.878. The Balaban J connectivity index is 2.44. The number of rotatable bonds is 4. The lowest BCUT2D eigenvalue weighted by molar-refractivity contribution is 0.440. The fourth-order valence-corrected chi connectivity index (χ4v) is 1.80. The van der Waals surface area contributed by atoms with Crippen LogP contribution in [0.4, 0.5) is 0 Å². The van der Waals surface area contributed by atoms with E-state index in [0.717, 1.165) is 22.9 Å². The zero-order chi connectivity index (χ0) is 12.3. The van der Waals surface area contributed by atoms with Crippen molar-refractivity contribution in [2.75, 3.05) is 6.54 Å². The first-order valence-electron chi connectivity index (χ1n) is 5.97. The van der Waals surface area contributed by atoms with Crippen LogP contribution in [0, 0.1) is 0 Å². The smallest absolute Gasteiger partial charge is 0.196 e. The molecule has 3 heteroatoms. The first-order valence-corrected chi connectivity index (χ1v) is 5.97. The predicted octanol–water partition coefficient (Wildman–Crippen LogP) is 2.97. The van der Waals surface area contributed by atoms with Crippen molar-refractivity contribution in [1.29, 1.82) is 0 Å². The summed E-state index contributed by atoms with van der Waals surface area (Å²) in [5, 5.41) is 0. The van der Waals surface area contributed by atoms with Gasteiger partial charge in [-0.25, -0.2) is 4.98 Å². The summed E-state index contributed by atoms with van der Waals surface area (Å²) in [5.74, 6) is 2.00. The Kier molecular flexibility index (Phi) is 3.59. The molecule has 0 aliphatic rings. The Morgan fingerprint density at radius 1 is 1.24 bits per heavy atom. The molecule has 0 saturated heterocycles. The van der Waals surface area contributed by atoms with Gasteiger partial charge in [0, 0.05) is 24.4 Å². The van der Waals surface area contributed by atoms with Crippen LogP contribution in [0.25, 0.3) is 11.3 Å². The van der Waals surface area contributed by atoms with Gasteiger partial charge in [-0.3, -0.25) is 0 Å². The van der Waals surface area contributed by atoms with Gasteiger partial charge in [-0.1, -0.05) is 44.2 Å². The molecule has 2 rings (SSSR count). The highest BCUT2D eigenvalue weighted by Crippen LogP contribution is 2.29. The molecule has 0 bridgehead atoms. The van der Waals surface area contributed by atoms with Gasteiger partial charge in [0.1, 0.15) is 11.5 Å². The molecule has 1 aromatic carbocycles. The second kappa shape index (κ2) is 5.15. The van der Waals surface area contributed by atoms with E-state index in [1.165, 1.54) is 0 Å². The van der Waals surface area contributed by atoms with E-state index >= 15 is 0 Å². The third kappa shape index (κ3) is 2.56. The van der Waals surface area contributed by atoms with E-state index in [-0.39, 0.29) is 0 Å². The summed E-state index contributed by atoms with van der Waals surface area (Å²) >= 11 is 0. The van der Waals surface area contributed by atoms with E-state index in [2.05, 4.69) is 31.0 Å². The van der Waals surface area contributed by atoms with Crippen molar-refractivity contribution in [3.05, 3.63) is 42.0 Å². The molecule has 0 fully saturated rings. The molecule has 17 heavy (non-hydrogen) atoms. The standard InChI is InChI=1S/C14H18N2O/c1-10(2)14-13(11-6-4-3-5-7-11)16-12(17-14)8-9-15/h3-7,10H,8-9,15H2,1-2H3. The molecule has 1 heterocycles. The highest BCUT2D eigenvalue weighted by molar-refractivity contribution is 5.61. The number of benzene rings is 1. The molecule has 1 aromatic heterocycles.